The average molecular weight is 591 g/mol. The van der Waals surface area contributed by atoms with Crippen LogP contribution in [0.25, 0.3) is 0 Å². The molecular weight excluding hydrogens is 536 g/mol. The molecule has 0 aliphatic rings. The van der Waals surface area contributed by atoms with Gasteiger partial charge in [-0.1, -0.05) is 151 Å². The van der Waals surface area contributed by atoms with Gasteiger partial charge in [-0.15, -0.1) is 0 Å². The number of hydrogen-bond donors (Lipinski definition) is 0. The largest absolute Gasteiger partial charge is 0.343 e. The van der Waals surface area contributed by atoms with Gasteiger partial charge in [0.2, 0.25) is 0 Å². The van der Waals surface area contributed by atoms with Crippen molar-refractivity contribution >= 4 is 12.6 Å². The molecule has 2 aromatic rings. The maximum absolute atomic E-state index is 12.1. The molecular formula is C38H54O5. The van der Waals surface area contributed by atoms with E-state index < -0.39 is 12.2 Å². The third kappa shape index (κ3) is 15.4. The van der Waals surface area contributed by atoms with E-state index in [0.717, 1.165) is 49.4 Å². The minimum atomic E-state index is -0.522. The average Bonchev–Trinajstić information content (AvgIpc) is 3.05. The first kappa shape index (κ1) is 36.3. The number of benzene rings is 2. The molecule has 0 saturated carbocycles. The van der Waals surface area contributed by atoms with E-state index in [4.69, 9.17) is 14.2 Å². The smallest absolute Gasteiger partial charge is 0.150 e. The molecule has 0 heterocycles. The number of aldehydes is 2. The Hall–Kier alpha value is -2.86. The van der Waals surface area contributed by atoms with E-state index in [1.165, 1.54) is 64.2 Å². The van der Waals surface area contributed by atoms with Gasteiger partial charge in [0, 0.05) is 11.1 Å². The molecule has 0 amide bonds. The summed E-state index contributed by atoms with van der Waals surface area (Å²) in [5.74, 6) is 0. The third-order valence-corrected chi connectivity index (χ3v) is 7.59. The van der Waals surface area contributed by atoms with Crippen molar-refractivity contribution in [1.29, 1.82) is 0 Å². The Labute approximate surface area is 260 Å². The van der Waals surface area contributed by atoms with E-state index in [1.807, 2.05) is 72.8 Å². The van der Waals surface area contributed by atoms with Crippen molar-refractivity contribution in [3.63, 3.8) is 0 Å². The maximum atomic E-state index is 12.1. The third-order valence-electron chi connectivity index (χ3n) is 7.59. The minimum absolute atomic E-state index is 0.0544. The van der Waals surface area contributed by atoms with Crippen molar-refractivity contribution in [1.82, 2.24) is 0 Å². The molecule has 0 spiro atoms. The molecule has 0 saturated heterocycles. The van der Waals surface area contributed by atoms with Crippen LogP contribution in [0.1, 0.15) is 127 Å². The number of ether oxygens (including phenoxy) is 3. The van der Waals surface area contributed by atoms with E-state index in [9.17, 15) is 9.59 Å². The molecule has 0 radical (unpaired) electrons. The lowest BCUT2D eigenvalue weighted by atomic mass is 10.0. The molecule has 0 aromatic heterocycles. The van der Waals surface area contributed by atoms with Gasteiger partial charge in [-0.2, -0.15) is 0 Å². The zero-order chi connectivity index (χ0) is 30.8. The highest BCUT2D eigenvalue weighted by Gasteiger charge is 2.19. The highest BCUT2D eigenvalue weighted by atomic mass is 16.7. The molecule has 0 N–H and O–H groups in total. The summed E-state index contributed by atoms with van der Waals surface area (Å²) < 4.78 is 18.0. The maximum Gasteiger partial charge on any atom is 0.150 e. The normalized spacial score (nSPS) is 13.5. The number of allylic oxidation sites excluding steroid dienone is 2. The predicted octanol–water partition coefficient (Wildman–Crippen LogP) is 10.2. The summed E-state index contributed by atoms with van der Waals surface area (Å²) in [6, 6.07) is 19.5. The van der Waals surface area contributed by atoms with Gasteiger partial charge in [0.15, 0.2) is 13.6 Å². The Morgan fingerprint density at radius 1 is 0.558 bits per heavy atom. The zero-order valence-electron chi connectivity index (χ0n) is 26.6. The van der Waals surface area contributed by atoms with Crippen molar-refractivity contribution in [2.45, 2.75) is 116 Å². The van der Waals surface area contributed by atoms with Crippen LogP contribution < -0.4 is 0 Å². The van der Waals surface area contributed by atoms with Gasteiger partial charge in [0.25, 0.3) is 0 Å². The number of rotatable bonds is 26. The zero-order valence-corrected chi connectivity index (χ0v) is 26.6. The molecule has 0 bridgehead atoms. The van der Waals surface area contributed by atoms with Crippen LogP contribution in [0, 0.1) is 0 Å². The molecule has 43 heavy (non-hydrogen) atoms. The second-order valence-corrected chi connectivity index (χ2v) is 11.1. The molecule has 5 heteroatoms. The van der Waals surface area contributed by atoms with Crippen LogP contribution in [-0.4, -0.2) is 26.2 Å². The summed E-state index contributed by atoms with van der Waals surface area (Å²) in [6.45, 7) is 4.33. The molecule has 236 valence electrons. The van der Waals surface area contributed by atoms with Crippen molar-refractivity contribution < 1.29 is 23.8 Å². The predicted molar refractivity (Wildman–Crippen MR) is 176 cm³/mol. The highest BCUT2D eigenvalue weighted by Crippen LogP contribution is 2.27. The van der Waals surface area contributed by atoms with Crippen LogP contribution in [0.3, 0.4) is 0 Å². The topological polar surface area (TPSA) is 61.8 Å². The summed E-state index contributed by atoms with van der Waals surface area (Å²) >= 11 is 0. The van der Waals surface area contributed by atoms with Crippen LogP contribution in [-0.2, 0) is 23.8 Å². The van der Waals surface area contributed by atoms with Crippen molar-refractivity contribution in [2.75, 3.05) is 13.6 Å². The van der Waals surface area contributed by atoms with Crippen molar-refractivity contribution in [3.05, 3.63) is 95.1 Å². The first-order chi connectivity index (χ1) is 21.2. The summed E-state index contributed by atoms with van der Waals surface area (Å²) in [6.07, 6.45) is 20.9. The monoisotopic (exact) mass is 590 g/mol. The van der Waals surface area contributed by atoms with E-state index in [1.54, 1.807) is 0 Å². The second kappa shape index (κ2) is 24.6. The summed E-state index contributed by atoms with van der Waals surface area (Å²) in [5, 5.41) is 0. The Kier molecular flexibility index (Phi) is 20.8. The van der Waals surface area contributed by atoms with E-state index in [0.29, 0.717) is 11.1 Å². The molecule has 0 aliphatic heterocycles. The Morgan fingerprint density at radius 3 is 1.30 bits per heavy atom. The van der Waals surface area contributed by atoms with Gasteiger partial charge in [-0.05, 0) is 36.8 Å². The molecule has 2 unspecified atom stereocenters. The lowest BCUT2D eigenvalue weighted by Gasteiger charge is -2.21. The number of unbranched alkanes of at least 4 members (excludes halogenated alkanes) is 12. The van der Waals surface area contributed by atoms with E-state index in [2.05, 4.69) is 13.8 Å². The van der Waals surface area contributed by atoms with Crippen LogP contribution in [0.4, 0.5) is 0 Å². The molecule has 2 rings (SSSR count). The fourth-order valence-corrected chi connectivity index (χ4v) is 5.11. The Bertz CT molecular complexity index is 947. The molecule has 0 aliphatic carbocycles. The minimum Gasteiger partial charge on any atom is -0.343 e. The van der Waals surface area contributed by atoms with Gasteiger partial charge in [-0.3, -0.25) is 9.59 Å². The van der Waals surface area contributed by atoms with Gasteiger partial charge in [-0.25, -0.2) is 0 Å². The van der Waals surface area contributed by atoms with Crippen molar-refractivity contribution in [3.8, 4) is 0 Å². The van der Waals surface area contributed by atoms with Gasteiger partial charge < -0.3 is 14.2 Å². The van der Waals surface area contributed by atoms with Crippen LogP contribution in [0.5, 0.6) is 0 Å². The van der Waals surface area contributed by atoms with Gasteiger partial charge >= 0.3 is 0 Å². The van der Waals surface area contributed by atoms with Gasteiger partial charge in [0.05, 0.1) is 0 Å². The van der Waals surface area contributed by atoms with E-state index >= 15 is 0 Å². The summed E-state index contributed by atoms with van der Waals surface area (Å²) in [4.78, 5) is 24.2. The number of carbonyl (C=O) groups is 2. The van der Waals surface area contributed by atoms with E-state index in [-0.39, 0.29) is 13.6 Å². The van der Waals surface area contributed by atoms with Crippen LogP contribution >= 0.6 is 0 Å². The summed E-state index contributed by atoms with van der Waals surface area (Å²) in [5.41, 5.74) is 3.01. The Balaban J connectivity index is 1.96. The molecule has 2 aromatic carbocycles. The lowest BCUT2D eigenvalue weighted by molar-refractivity contribution is -0.157. The highest BCUT2D eigenvalue weighted by molar-refractivity contribution is 5.75. The standard InChI is InChI=1S/C38H54O5/c1-3-5-7-9-11-13-17-27-35(29-39)37(33-23-19-15-20-24-33)42-31-41-32-43-38(34-25-21-16-22-26-34)36(30-40)28-18-14-12-10-8-6-4-2/h15-16,19-30,37-38H,3-14,17-18,31-32H2,1-2H3. The quantitative estimate of drug-likeness (QED) is 0.0472. The first-order valence-electron chi connectivity index (χ1n) is 16.5. The Morgan fingerprint density at radius 2 is 0.930 bits per heavy atom. The summed E-state index contributed by atoms with van der Waals surface area (Å²) in [7, 11) is 0. The molecule has 5 nitrogen and oxygen atoms in total. The fraction of sp³-hybridized carbons (Fsp3) is 0.526. The molecule has 2 atom stereocenters. The van der Waals surface area contributed by atoms with Crippen LogP contribution in [0.15, 0.2) is 84.0 Å². The SMILES string of the molecule is CCCCCCCCC=C(C=O)C(OCOCOC(C(C=O)=CCCCCCCCC)c1ccccc1)c1ccccc1. The lowest BCUT2D eigenvalue weighted by Crippen LogP contribution is -2.15. The van der Waals surface area contributed by atoms with Crippen molar-refractivity contribution in [2.24, 2.45) is 0 Å². The molecule has 0 fully saturated rings. The first-order valence-corrected chi connectivity index (χ1v) is 16.5. The second-order valence-electron chi connectivity index (χ2n) is 11.1. The fourth-order valence-electron chi connectivity index (χ4n) is 5.11. The number of carbonyl (C=O) groups excluding carboxylic acids is 2. The number of hydrogen-bond acceptors (Lipinski definition) is 5. The van der Waals surface area contributed by atoms with Gasteiger partial charge in [0.1, 0.15) is 24.8 Å². The van der Waals surface area contributed by atoms with Crippen LogP contribution in [0.2, 0.25) is 0 Å².